The second kappa shape index (κ2) is 15.3. The van der Waals surface area contributed by atoms with Crippen LogP contribution < -0.4 is 10.5 Å². The first kappa shape index (κ1) is 33.2. The highest BCUT2D eigenvalue weighted by atomic mass is 35.5. The standard InChI is InChI=1S/C20H27ClN2O3S.C10H22N2O/c1-14-6-3-7-15(2)23(14)13-16(24)12-22-27(25,26)20-11-5-8-17-18(20)9-4-10-19(17)21;1-8-4-3-5-9(2)12(8)7-10(13)6-11/h4-5,8-11,14-16,22,24H,3,6-7,12-13H2,1-2H3;8-10,13H,3-7,11H2,1-2H3/t14-,15+,16-;8-,9+,10-/m00/s1. The summed E-state index contributed by atoms with van der Waals surface area (Å²) in [6.45, 7) is 10.3. The van der Waals surface area contributed by atoms with Crippen LogP contribution in [0.15, 0.2) is 41.3 Å². The lowest BCUT2D eigenvalue weighted by molar-refractivity contribution is 0.0438. The maximum Gasteiger partial charge on any atom is 0.241 e. The van der Waals surface area contributed by atoms with Crippen molar-refractivity contribution in [2.24, 2.45) is 5.73 Å². The normalized spacial score (nSPS) is 26.2. The van der Waals surface area contributed by atoms with Crippen LogP contribution in [0.5, 0.6) is 0 Å². The Morgan fingerprint density at radius 3 is 1.85 bits per heavy atom. The molecule has 0 spiro atoms. The van der Waals surface area contributed by atoms with E-state index in [1.807, 2.05) is 0 Å². The molecular formula is C30H49ClN4O4S. The van der Waals surface area contributed by atoms with E-state index in [0.29, 0.717) is 53.1 Å². The Morgan fingerprint density at radius 2 is 1.32 bits per heavy atom. The van der Waals surface area contributed by atoms with Crippen molar-refractivity contribution in [3.8, 4) is 0 Å². The number of hydrogen-bond acceptors (Lipinski definition) is 7. The zero-order valence-electron chi connectivity index (χ0n) is 24.5. The minimum absolute atomic E-state index is 0.0186. The number of β-amino-alcohol motifs (C(OH)–C–C–N with tert-alkyl or cyclic N) is 2. The molecule has 6 atom stereocenters. The van der Waals surface area contributed by atoms with Gasteiger partial charge >= 0.3 is 0 Å². The molecule has 0 aromatic heterocycles. The minimum atomic E-state index is -3.75. The van der Waals surface area contributed by atoms with Gasteiger partial charge in [0.2, 0.25) is 10.0 Å². The van der Waals surface area contributed by atoms with Crippen LogP contribution in [0.1, 0.15) is 66.2 Å². The third-order valence-electron chi connectivity index (χ3n) is 8.49. The van der Waals surface area contributed by atoms with Gasteiger partial charge in [-0.05, 0) is 65.5 Å². The van der Waals surface area contributed by atoms with Crippen LogP contribution in [0.25, 0.3) is 10.8 Å². The molecule has 2 aliphatic rings. The van der Waals surface area contributed by atoms with Crippen LogP contribution in [-0.2, 0) is 10.0 Å². The molecule has 2 aromatic carbocycles. The number of piperidine rings is 2. The Hall–Kier alpha value is -1.30. The fourth-order valence-corrected chi connectivity index (χ4v) is 7.59. The molecule has 2 aromatic rings. The predicted molar refractivity (Wildman–Crippen MR) is 164 cm³/mol. The molecule has 0 saturated carbocycles. The molecule has 2 fully saturated rings. The van der Waals surface area contributed by atoms with E-state index in [-0.39, 0.29) is 17.5 Å². The number of sulfonamides is 1. The van der Waals surface area contributed by atoms with E-state index in [9.17, 15) is 18.6 Å². The average molecular weight is 597 g/mol. The number of nitrogens with one attached hydrogen (secondary N) is 1. The molecule has 8 nitrogen and oxygen atoms in total. The molecule has 10 heteroatoms. The molecule has 226 valence electrons. The Kier molecular flexibility index (Phi) is 12.7. The Labute approximate surface area is 245 Å². The van der Waals surface area contributed by atoms with Crippen LogP contribution in [0.3, 0.4) is 0 Å². The summed E-state index contributed by atoms with van der Waals surface area (Å²) >= 11 is 6.18. The highest BCUT2D eigenvalue weighted by Crippen LogP contribution is 2.28. The number of nitrogens with zero attached hydrogens (tertiary/aromatic N) is 2. The SMILES string of the molecule is C[C@@H]1CCC[C@H](C)N1C[C@@H](O)CN.C[C@@H]1CCC[C@H](C)N1C[C@@H](O)CNS(=O)(=O)c1cccc2c(Cl)cccc12. The highest BCUT2D eigenvalue weighted by molar-refractivity contribution is 7.89. The van der Waals surface area contributed by atoms with Gasteiger partial charge in [-0.3, -0.25) is 9.80 Å². The van der Waals surface area contributed by atoms with Crippen molar-refractivity contribution >= 4 is 32.4 Å². The maximum atomic E-state index is 12.8. The number of rotatable bonds is 9. The van der Waals surface area contributed by atoms with E-state index in [4.69, 9.17) is 17.3 Å². The topological polar surface area (TPSA) is 119 Å². The van der Waals surface area contributed by atoms with Gasteiger partial charge in [0.1, 0.15) is 0 Å². The molecule has 5 N–H and O–H groups in total. The molecule has 0 radical (unpaired) electrons. The van der Waals surface area contributed by atoms with Crippen LogP contribution in [-0.4, -0.2) is 91.0 Å². The number of aliphatic hydroxyl groups excluding tert-OH is 2. The molecule has 2 heterocycles. The predicted octanol–water partition coefficient (Wildman–Crippen LogP) is 3.96. The number of aliphatic hydroxyl groups is 2. The van der Waals surface area contributed by atoms with Crippen molar-refractivity contribution in [3.05, 3.63) is 41.4 Å². The zero-order chi connectivity index (χ0) is 29.4. The van der Waals surface area contributed by atoms with E-state index in [1.54, 1.807) is 36.4 Å². The summed E-state index contributed by atoms with van der Waals surface area (Å²) < 4.78 is 28.2. The van der Waals surface area contributed by atoms with Crippen molar-refractivity contribution in [3.63, 3.8) is 0 Å². The second-order valence-electron chi connectivity index (χ2n) is 11.6. The van der Waals surface area contributed by atoms with Gasteiger partial charge in [-0.25, -0.2) is 13.1 Å². The number of nitrogens with two attached hydrogens (primary N) is 1. The fourth-order valence-electron chi connectivity index (χ4n) is 6.06. The fraction of sp³-hybridized carbons (Fsp3) is 0.667. The first-order valence-corrected chi connectivity index (χ1v) is 16.5. The van der Waals surface area contributed by atoms with E-state index in [1.165, 1.54) is 25.7 Å². The number of likely N-dealkylation sites (tertiary alicyclic amines) is 2. The van der Waals surface area contributed by atoms with Crippen molar-refractivity contribution < 1.29 is 18.6 Å². The molecule has 2 saturated heterocycles. The van der Waals surface area contributed by atoms with Crippen molar-refractivity contribution in [1.82, 2.24) is 14.5 Å². The van der Waals surface area contributed by atoms with E-state index >= 15 is 0 Å². The summed E-state index contributed by atoms with van der Waals surface area (Å²) in [5, 5.41) is 21.7. The highest BCUT2D eigenvalue weighted by Gasteiger charge is 2.28. The summed E-state index contributed by atoms with van der Waals surface area (Å²) in [5.74, 6) is 0. The van der Waals surface area contributed by atoms with Gasteiger partial charge in [0.05, 0.1) is 17.1 Å². The molecule has 0 unspecified atom stereocenters. The van der Waals surface area contributed by atoms with Gasteiger partial charge in [-0.1, -0.05) is 48.7 Å². The second-order valence-corrected chi connectivity index (χ2v) is 13.8. The number of fused-ring (bicyclic) bond motifs is 1. The lowest BCUT2D eigenvalue weighted by atomic mass is 9.97. The number of hydrogen-bond donors (Lipinski definition) is 4. The molecule has 0 amide bonds. The Balaban J connectivity index is 0.000000285. The van der Waals surface area contributed by atoms with Gasteiger partial charge < -0.3 is 15.9 Å². The quantitative estimate of drug-likeness (QED) is 0.346. The molecular weight excluding hydrogens is 548 g/mol. The molecule has 40 heavy (non-hydrogen) atoms. The van der Waals surface area contributed by atoms with E-state index < -0.39 is 16.1 Å². The molecule has 2 aliphatic heterocycles. The lowest BCUT2D eigenvalue weighted by Crippen LogP contribution is -2.49. The van der Waals surface area contributed by atoms with Gasteiger partial charge in [0, 0.05) is 66.1 Å². The van der Waals surface area contributed by atoms with E-state index in [0.717, 1.165) is 19.4 Å². The number of halogens is 1. The summed E-state index contributed by atoms with van der Waals surface area (Å²) in [6.07, 6.45) is 6.12. The summed E-state index contributed by atoms with van der Waals surface area (Å²) in [6, 6.07) is 12.2. The van der Waals surface area contributed by atoms with Crippen molar-refractivity contribution in [1.29, 1.82) is 0 Å². The molecule has 0 bridgehead atoms. The van der Waals surface area contributed by atoms with Gasteiger partial charge in [0.25, 0.3) is 0 Å². The zero-order valence-corrected chi connectivity index (χ0v) is 26.0. The van der Waals surface area contributed by atoms with E-state index in [2.05, 4.69) is 42.2 Å². The monoisotopic (exact) mass is 596 g/mol. The Morgan fingerprint density at radius 1 is 0.850 bits per heavy atom. The van der Waals surface area contributed by atoms with Gasteiger partial charge in [0.15, 0.2) is 0 Å². The summed E-state index contributed by atoms with van der Waals surface area (Å²) in [4.78, 5) is 4.82. The Bertz CT molecular complexity index is 1160. The van der Waals surface area contributed by atoms with Crippen molar-refractivity contribution in [2.75, 3.05) is 26.2 Å². The smallest absolute Gasteiger partial charge is 0.241 e. The third-order valence-corrected chi connectivity index (χ3v) is 10.3. The summed E-state index contributed by atoms with van der Waals surface area (Å²) in [5.41, 5.74) is 5.40. The van der Waals surface area contributed by atoms with Gasteiger partial charge in [-0.15, -0.1) is 0 Å². The van der Waals surface area contributed by atoms with Gasteiger partial charge in [-0.2, -0.15) is 0 Å². The molecule has 0 aliphatic carbocycles. The largest absolute Gasteiger partial charge is 0.390 e. The van der Waals surface area contributed by atoms with Crippen LogP contribution in [0, 0.1) is 0 Å². The van der Waals surface area contributed by atoms with Crippen LogP contribution in [0.4, 0.5) is 0 Å². The minimum Gasteiger partial charge on any atom is -0.390 e. The summed E-state index contributed by atoms with van der Waals surface area (Å²) in [7, 11) is -3.75. The van der Waals surface area contributed by atoms with Crippen LogP contribution >= 0.6 is 11.6 Å². The first-order chi connectivity index (χ1) is 18.9. The lowest BCUT2D eigenvalue weighted by Gasteiger charge is -2.40. The van der Waals surface area contributed by atoms with Crippen molar-refractivity contribution in [2.45, 2.75) is 107 Å². The third kappa shape index (κ3) is 8.85. The molecule has 4 rings (SSSR count). The maximum absolute atomic E-state index is 12.8. The van der Waals surface area contributed by atoms with Crippen LogP contribution in [0.2, 0.25) is 5.02 Å². The first-order valence-electron chi connectivity index (χ1n) is 14.7. The number of benzene rings is 2. The average Bonchev–Trinajstić information content (AvgIpc) is 2.92.